The summed E-state index contributed by atoms with van der Waals surface area (Å²) in [6.07, 6.45) is 1.76. The van der Waals surface area contributed by atoms with E-state index in [2.05, 4.69) is 0 Å². The summed E-state index contributed by atoms with van der Waals surface area (Å²) in [6, 6.07) is 24.0. The van der Waals surface area contributed by atoms with Crippen LogP contribution in [-0.4, -0.2) is 35.4 Å². The molecule has 0 atom stereocenters. The SMILES string of the molecule is CCOc1cc(C=C2SC(=Nc3ccccc3)N(c3ccccc3)C2=O)ccc1OCC(=O)O. The molecule has 1 saturated heterocycles. The van der Waals surface area contributed by atoms with E-state index < -0.39 is 12.6 Å². The number of aliphatic carboxylic acids is 1. The van der Waals surface area contributed by atoms with E-state index in [1.165, 1.54) is 11.8 Å². The minimum Gasteiger partial charge on any atom is -0.490 e. The first-order chi connectivity index (χ1) is 16.5. The van der Waals surface area contributed by atoms with Crippen LogP contribution in [0, 0.1) is 0 Å². The molecule has 0 unspecified atom stereocenters. The molecule has 0 spiro atoms. The topological polar surface area (TPSA) is 88.4 Å². The number of amides is 1. The lowest BCUT2D eigenvalue weighted by molar-refractivity contribution is -0.139. The summed E-state index contributed by atoms with van der Waals surface area (Å²) in [4.78, 5) is 31.1. The maximum atomic E-state index is 13.4. The monoisotopic (exact) mass is 474 g/mol. The Morgan fingerprint density at radius 2 is 1.71 bits per heavy atom. The first-order valence-corrected chi connectivity index (χ1v) is 11.4. The molecule has 34 heavy (non-hydrogen) atoms. The maximum absolute atomic E-state index is 13.4. The number of ether oxygens (including phenoxy) is 2. The van der Waals surface area contributed by atoms with Gasteiger partial charge in [0.2, 0.25) is 0 Å². The zero-order chi connectivity index (χ0) is 23.9. The van der Waals surface area contributed by atoms with Crippen LogP contribution in [0.3, 0.4) is 0 Å². The number of aliphatic imine (C=N–C) groups is 1. The van der Waals surface area contributed by atoms with Crippen LogP contribution in [-0.2, 0) is 9.59 Å². The van der Waals surface area contributed by atoms with Crippen LogP contribution in [0.1, 0.15) is 12.5 Å². The van der Waals surface area contributed by atoms with Crippen molar-refractivity contribution in [3.63, 3.8) is 0 Å². The molecule has 3 aromatic carbocycles. The van der Waals surface area contributed by atoms with E-state index >= 15 is 0 Å². The van der Waals surface area contributed by atoms with Crippen molar-refractivity contribution >= 4 is 46.3 Å². The highest BCUT2D eigenvalue weighted by Crippen LogP contribution is 2.38. The molecule has 172 valence electrons. The Labute approximate surface area is 201 Å². The number of para-hydroxylation sites is 2. The normalized spacial score (nSPS) is 15.7. The van der Waals surface area contributed by atoms with Gasteiger partial charge in [-0.05, 0) is 66.7 Å². The largest absolute Gasteiger partial charge is 0.490 e. The number of carbonyl (C=O) groups excluding carboxylic acids is 1. The highest BCUT2D eigenvalue weighted by molar-refractivity contribution is 8.19. The summed E-state index contributed by atoms with van der Waals surface area (Å²) >= 11 is 1.29. The number of amidine groups is 1. The van der Waals surface area contributed by atoms with Crippen molar-refractivity contribution in [2.24, 2.45) is 4.99 Å². The first kappa shape index (κ1) is 23.1. The number of nitrogens with zero attached hydrogens (tertiary/aromatic N) is 2. The van der Waals surface area contributed by atoms with Gasteiger partial charge < -0.3 is 14.6 Å². The first-order valence-electron chi connectivity index (χ1n) is 10.6. The number of anilines is 1. The van der Waals surface area contributed by atoms with Gasteiger partial charge in [0.25, 0.3) is 5.91 Å². The van der Waals surface area contributed by atoms with Crippen molar-refractivity contribution in [3.05, 3.63) is 89.3 Å². The fraction of sp³-hybridized carbons (Fsp3) is 0.115. The quantitative estimate of drug-likeness (QED) is 0.443. The number of carboxylic acid groups (broad SMARTS) is 1. The van der Waals surface area contributed by atoms with Gasteiger partial charge >= 0.3 is 5.97 Å². The fourth-order valence-electron chi connectivity index (χ4n) is 3.26. The van der Waals surface area contributed by atoms with E-state index in [-0.39, 0.29) is 5.91 Å². The number of carboxylic acids is 1. The summed E-state index contributed by atoms with van der Waals surface area (Å²) in [5.41, 5.74) is 2.19. The third-order valence-electron chi connectivity index (χ3n) is 4.72. The highest BCUT2D eigenvalue weighted by atomic mass is 32.2. The van der Waals surface area contributed by atoms with Crippen LogP contribution >= 0.6 is 11.8 Å². The van der Waals surface area contributed by atoms with E-state index in [4.69, 9.17) is 19.6 Å². The van der Waals surface area contributed by atoms with Crippen LogP contribution in [0.2, 0.25) is 0 Å². The van der Waals surface area contributed by atoms with E-state index in [0.29, 0.717) is 28.2 Å². The van der Waals surface area contributed by atoms with Gasteiger partial charge in [-0.15, -0.1) is 0 Å². The molecule has 1 heterocycles. The van der Waals surface area contributed by atoms with Crippen molar-refractivity contribution in [1.82, 2.24) is 0 Å². The average Bonchev–Trinajstić information content (AvgIpc) is 3.14. The molecule has 1 aliphatic rings. The molecule has 0 saturated carbocycles. The lowest BCUT2D eigenvalue weighted by Crippen LogP contribution is -2.28. The molecule has 0 aromatic heterocycles. The van der Waals surface area contributed by atoms with Gasteiger partial charge in [0.15, 0.2) is 23.3 Å². The van der Waals surface area contributed by atoms with Crippen molar-refractivity contribution in [2.45, 2.75) is 6.92 Å². The van der Waals surface area contributed by atoms with Gasteiger partial charge in [-0.1, -0.05) is 42.5 Å². The Morgan fingerprint density at radius 3 is 2.38 bits per heavy atom. The Bertz CT molecular complexity index is 1240. The van der Waals surface area contributed by atoms with Crippen LogP contribution < -0.4 is 14.4 Å². The van der Waals surface area contributed by atoms with E-state index in [9.17, 15) is 9.59 Å². The predicted molar refractivity (Wildman–Crippen MR) is 134 cm³/mol. The summed E-state index contributed by atoms with van der Waals surface area (Å²) in [5.74, 6) is -0.524. The second kappa shape index (κ2) is 10.7. The average molecular weight is 475 g/mol. The third kappa shape index (κ3) is 5.47. The van der Waals surface area contributed by atoms with Gasteiger partial charge in [0.05, 0.1) is 22.9 Å². The van der Waals surface area contributed by atoms with Gasteiger partial charge in [-0.2, -0.15) is 0 Å². The predicted octanol–water partition coefficient (Wildman–Crippen LogP) is 5.36. The summed E-state index contributed by atoms with van der Waals surface area (Å²) < 4.78 is 10.9. The van der Waals surface area contributed by atoms with Crippen molar-refractivity contribution in [1.29, 1.82) is 0 Å². The lowest BCUT2D eigenvalue weighted by atomic mass is 10.1. The van der Waals surface area contributed by atoms with Crippen LogP contribution in [0.15, 0.2) is 88.8 Å². The Balaban J connectivity index is 1.69. The minimum absolute atomic E-state index is 0.185. The van der Waals surface area contributed by atoms with Crippen LogP contribution in [0.25, 0.3) is 6.08 Å². The van der Waals surface area contributed by atoms with Crippen molar-refractivity contribution in [3.8, 4) is 11.5 Å². The molecule has 1 amide bonds. The fourth-order valence-corrected chi connectivity index (χ4v) is 4.26. The zero-order valence-electron chi connectivity index (χ0n) is 18.4. The molecule has 0 aliphatic carbocycles. The van der Waals surface area contributed by atoms with E-state index in [1.54, 1.807) is 29.2 Å². The Hall–Kier alpha value is -4.04. The van der Waals surface area contributed by atoms with Gasteiger partial charge in [-0.25, -0.2) is 9.79 Å². The molecule has 0 bridgehead atoms. The second-order valence-corrected chi connectivity index (χ2v) is 8.15. The molecule has 1 aliphatic heterocycles. The molecule has 1 N–H and O–H groups in total. The molecule has 3 aromatic rings. The van der Waals surface area contributed by atoms with Crippen LogP contribution in [0.5, 0.6) is 11.5 Å². The van der Waals surface area contributed by atoms with E-state index in [1.807, 2.05) is 67.6 Å². The maximum Gasteiger partial charge on any atom is 0.341 e. The third-order valence-corrected chi connectivity index (χ3v) is 5.69. The smallest absolute Gasteiger partial charge is 0.341 e. The van der Waals surface area contributed by atoms with Gasteiger partial charge in [0, 0.05) is 0 Å². The summed E-state index contributed by atoms with van der Waals surface area (Å²) in [7, 11) is 0. The Morgan fingerprint density at radius 1 is 1.00 bits per heavy atom. The molecular weight excluding hydrogens is 452 g/mol. The van der Waals surface area contributed by atoms with Crippen LogP contribution in [0.4, 0.5) is 11.4 Å². The summed E-state index contributed by atoms with van der Waals surface area (Å²) in [6.45, 7) is 1.74. The number of benzene rings is 3. The number of hydrogen-bond acceptors (Lipinski definition) is 6. The van der Waals surface area contributed by atoms with Crippen molar-refractivity contribution < 1.29 is 24.2 Å². The Kier molecular flexibility index (Phi) is 7.29. The number of thioether (sulfide) groups is 1. The number of rotatable bonds is 8. The molecular formula is C26H22N2O5S. The molecule has 1 fully saturated rings. The zero-order valence-corrected chi connectivity index (χ0v) is 19.2. The number of hydrogen-bond donors (Lipinski definition) is 1. The summed E-state index contributed by atoms with van der Waals surface area (Å²) in [5, 5.41) is 9.44. The lowest BCUT2D eigenvalue weighted by Gasteiger charge is -2.15. The number of carbonyl (C=O) groups is 2. The minimum atomic E-state index is -1.08. The van der Waals surface area contributed by atoms with Gasteiger partial charge in [0.1, 0.15) is 0 Å². The van der Waals surface area contributed by atoms with Gasteiger partial charge in [-0.3, -0.25) is 9.69 Å². The second-order valence-electron chi connectivity index (χ2n) is 7.14. The van der Waals surface area contributed by atoms with Crippen molar-refractivity contribution in [2.75, 3.05) is 18.1 Å². The molecule has 8 heteroatoms. The molecule has 7 nitrogen and oxygen atoms in total. The standard InChI is InChI=1S/C26H22N2O5S/c1-2-32-22-15-18(13-14-21(22)33-17-24(29)30)16-23-25(31)28(20-11-7-4-8-12-20)26(34-23)27-19-9-5-3-6-10-19/h3-16H,2,17H2,1H3,(H,29,30). The molecule has 0 radical (unpaired) electrons. The highest BCUT2D eigenvalue weighted by Gasteiger charge is 2.34. The van der Waals surface area contributed by atoms with E-state index in [0.717, 1.165) is 16.9 Å². The molecule has 4 rings (SSSR count).